The lowest BCUT2D eigenvalue weighted by atomic mass is 10.1. The predicted molar refractivity (Wildman–Crippen MR) is 98.9 cm³/mol. The van der Waals surface area contributed by atoms with Crippen LogP contribution in [0.2, 0.25) is 0 Å². The van der Waals surface area contributed by atoms with Gasteiger partial charge < -0.3 is 19.1 Å². The van der Waals surface area contributed by atoms with Gasteiger partial charge in [0.1, 0.15) is 5.75 Å². The van der Waals surface area contributed by atoms with E-state index in [1.165, 1.54) is 39.2 Å². The highest BCUT2D eigenvalue weighted by molar-refractivity contribution is 9.11. The zero-order valence-electron chi connectivity index (χ0n) is 14.7. The summed E-state index contributed by atoms with van der Waals surface area (Å²) in [5, 5.41) is -0.715. The fraction of sp³-hybridized carbons (Fsp3) is 0.500. The van der Waals surface area contributed by atoms with Gasteiger partial charge in [-0.1, -0.05) is 34.6 Å². The zero-order valence-corrected chi connectivity index (χ0v) is 17.2. The van der Waals surface area contributed by atoms with Crippen LogP contribution >= 0.6 is 23.5 Å². The molecule has 0 radical (unpaired) electrons. The van der Waals surface area contributed by atoms with Crippen LogP contribution in [0.25, 0.3) is 0 Å². The molecule has 1 aromatic rings. The molecule has 0 aliphatic heterocycles. The molecule has 0 bridgehead atoms. The number of halogens is 4. The molecule has 0 aliphatic carbocycles. The molecule has 0 saturated carbocycles. The average Bonchev–Trinajstić information content (AvgIpc) is 2.53. The Morgan fingerprint density at radius 2 is 1.77 bits per heavy atom. The summed E-state index contributed by atoms with van der Waals surface area (Å²) in [5.74, 6) is 0.154. The van der Waals surface area contributed by atoms with Crippen LogP contribution in [-0.4, -0.2) is 31.8 Å². The third kappa shape index (κ3) is 4.82. The van der Waals surface area contributed by atoms with Crippen LogP contribution in [0, 0.1) is 0 Å². The standard InChI is InChI=1S/C16H22BrF3NO4P/c1-5-24-26(22,25-6-2)15(11-12(3)17,16(18,19)20)21-13-9-7-8-10-14(13)23-4/h7-10,21H,3,5-6,11H2,1-2,4H3. The van der Waals surface area contributed by atoms with Gasteiger partial charge in [0.15, 0.2) is 0 Å². The molecule has 0 saturated heterocycles. The van der Waals surface area contributed by atoms with E-state index in [-0.39, 0.29) is 29.1 Å². The molecule has 1 atom stereocenters. The molecule has 0 aliphatic rings. The molecule has 5 nitrogen and oxygen atoms in total. The normalized spacial score (nSPS) is 14.6. The second-order valence-electron chi connectivity index (χ2n) is 5.21. The van der Waals surface area contributed by atoms with Crippen molar-refractivity contribution in [2.75, 3.05) is 25.6 Å². The third-order valence-electron chi connectivity index (χ3n) is 3.43. The minimum atomic E-state index is -5.00. The topological polar surface area (TPSA) is 56.8 Å². The number of benzene rings is 1. The van der Waals surface area contributed by atoms with E-state index in [1.807, 2.05) is 0 Å². The minimum Gasteiger partial charge on any atom is -0.495 e. The summed E-state index contributed by atoms with van der Waals surface area (Å²) < 4.78 is 71.4. The van der Waals surface area contributed by atoms with Crippen molar-refractivity contribution < 1.29 is 31.5 Å². The van der Waals surface area contributed by atoms with Crippen molar-refractivity contribution in [1.29, 1.82) is 0 Å². The number of anilines is 1. The molecule has 1 N–H and O–H groups in total. The van der Waals surface area contributed by atoms with Gasteiger partial charge in [0.25, 0.3) is 0 Å². The average molecular weight is 460 g/mol. The van der Waals surface area contributed by atoms with Crippen LogP contribution in [0.4, 0.5) is 18.9 Å². The Hall–Kier alpha value is -1.02. The van der Waals surface area contributed by atoms with E-state index in [4.69, 9.17) is 13.8 Å². The largest absolute Gasteiger partial charge is 0.495 e. The Morgan fingerprint density at radius 1 is 1.23 bits per heavy atom. The Kier molecular flexibility index (Phi) is 8.20. The van der Waals surface area contributed by atoms with Crippen molar-refractivity contribution in [3.05, 3.63) is 35.3 Å². The van der Waals surface area contributed by atoms with Crippen LogP contribution in [0.1, 0.15) is 20.3 Å². The molecule has 0 spiro atoms. The van der Waals surface area contributed by atoms with Gasteiger partial charge >= 0.3 is 13.8 Å². The first-order valence-electron chi connectivity index (χ1n) is 7.77. The van der Waals surface area contributed by atoms with Gasteiger partial charge in [-0.15, -0.1) is 0 Å². The Morgan fingerprint density at radius 3 is 2.19 bits per heavy atom. The first-order valence-corrected chi connectivity index (χ1v) is 10.1. The van der Waals surface area contributed by atoms with Crippen molar-refractivity contribution in [3.63, 3.8) is 0 Å². The summed E-state index contributed by atoms with van der Waals surface area (Å²) in [5.41, 5.74) is 0.000654. The van der Waals surface area contributed by atoms with Crippen LogP contribution in [0.3, 0.4) is 0 Å². The number of rotatable bonds is 10. The smallest absolute Gasteiger partial charge is 0.423 e. The maximum Gasteiger partial charge on any atom is 0.423 e. The molecule has 1 rings (SSSR count). The van der Waals surface area contributed by atoms with Crippen LogP contribution < -0.4 is 10.1 Å². The van der Waals surface area contributed by atoms with Crippen molar-refractivity contribution in [1.82, 2.24) is 0 Å². The molecular weight excluding hydrogens is 438 g/mol. The molecule has 0 heterocycles. The number of ether oxygens (including phenoxy) is 1. The fourth-order valence-corrected chi connectivity index (χ4v) is 5.17. The van der Waals surface area contributed by atoms with Crippen LogP contribution in [0.5, 0.6) is 5.75 Å². The lowest BCUT2D eigenvalue weighted by Crippen LogP contribution is -2.52. The maximum absolute atomic E-state index is 14.3. The van der Waals surface area contributed by atoms with E-state index in [0.717, 1.165) is 0 Å². The summed E-state index contributed by atoms with van der Waals surface area (Å²) in [6, 6.07) is 6.01. The zero-order chi connectivity index (χ0) is 20.0. The van der Waals surface area contributed by atoms with Gasteiger partial charge in [-0.2, -0.15) is 13.2 Å². The van der Waals surface area contributed by atoms with Gasteiger partial charge in [0.05, 0.1) is 26.0 Å². The summed E-state index contributed by atoms with van der Waals surface area (Å²) >= 11 is 2.95. The van der Waals surface area contributed by atoms with E-state index in [0.29, 0.717) is 0 Å². The molecular formula is C16H22BrF3NO4P. The Bertz CT molecular complexity index is 661. The first kappa shape index (κ1) is 23.0. The summed E-state index contributed by atoms with van der Waals surface area (Å²) in [4.78, 5) is 0. The monoisotopic (exact) mass is 459 g/mol. The van der Waals surface area contributed by atoms with E-state index in [1.54, 1.807) is 6.07 Å². The van der Waals surface area contributed by atoms with Crippen molar-refractivity contribution >= 4 is 29.2 Å². The lowest BCUT2D eigenvalue weighted by Gasteiger charge is -2.41. The van der Waals surface area contributed by atoms with Gasteiger partial charge in [0, 0.05) is 6.42 Å². The predicted octanol–water partition coefficient (Wildman–Crippen LogP) is 5.93. The highest BCUT2D eigenvalue weighted by Gasteiger charge is 2.68. The lowest BCUT2D eigenvalue weighted by molar-refractivity contribution is -0.160. The fourth-order valence-electron chi connectivity index (χ4n) is 2.38. The molecule has 0 fully saturated rings. The molecule has 1 aromatic carbocycles. The molecule has 10 heteroatoms. The first-order chi connectivity index (χ1) is 12.1. The summed E-state index contributed by atoms with van der Waals surface area (Å²) in [6.07, 6.45) is -5.77. The number of hydrogen-bond donors (Lipinski definition) is 1. The highest BCUT2D eigenvalue weighted by Crippen LogP contribution is 2.68. The van der Waals surface area contributed by atoms with Crippen molar-refractivity contribution in [2.24, 2.45) is 0 Å². The Balaban J connectivity index is 3.67. The van der Waals surface area contributed by atoms with Gasteiger partial charge in [-0.25, -0.2) is 0 Å². The maximum atomic E-state index is 14.3. The van der Waals surface area contributed by atoms with Crippen LogP contribution in [-0.2, 0) is 13.6 Å². The van der Waals surface area contributed by atoms with Gasteiger partial charge in [-0.05, 0) is 30.5 Å². The number of alkyl halides is 3. The second kappa shape index (κ2) is 9.26. The molecule has 0 aromatic heterocycles. The molecule has 26 heavy (non-hydrogen) atoms. The quantitative estimate of drug-likeness (QED) is 0.439. The van der Waals surface area contributed by atoms with E-state index in [9.17, 15) is 17.7 Å². The molecule has 148 valence electrons. The molecule has 1 unspecified atom stereocenters. The SMILES string of the molecule is C=C(Br)CC(Nc1ccccc1OC)(C(F)(F)F)P(=O)(OCC)OCC. The third-order valence-corrected chi connectivity index (χ3v) is 6.37. The minimum absolute atomic E-state index is 0.000654. The summed E-state index contributed by atoms with van der Waals surface area (Å²) in [6.45, 7) is 5.92. The van der Waals surface area contributed by atoms with E-state index in [2.05, 4.69) is 27.8 Å². The van der Waals surface area contributed by atoms with E-state index >= 15 is 0 Å². The molecule has 0 amide bonds. The number of hydrogen-bond acceptors (Lipinski definition) is 5. The Labute approximate surface area is 159 Å². The van der Waals surface area contributed by atoms with Crippen LogP contribution in [0.15, 0.2) is 35.3 Å². The van der Waals surface area contributed by atoms with E-state index < -0.39 is 25.5 Å². The van der Waals surface area contributed by atoms with Gasteiger partial charge in [0.2, 0.25) is 5.28 Å². The number of para-hydroxylation sites is 2. The number of nitrogens with one attached hydrogen (secondary N) is 1. The van der Waals surface area contributed by atoms with Crippen molar-refractivity contribution in [2.45, 2.75) is 31.7 Å². The van der Waals surface area contributed by atoms with Gasteiger partial charge in [-0.3, -0.25) is 4.57 Å². The van der Waals surface area contributed by atoms with Crippen molar-refractivity contribution in [3.8, 4) is 5.75 Å². The second-order valence-corrected chi connectivity index (χ2v) is 8.61. The summed E-state index contributed by atoms with van der Waals surface area (Å²) in [7, 11) is -3.39. The highest BCUT2D eigenvalue weighted by atomic mass is 79.9. The number of methoxy groups -OCH3 is 1.